The number of fused-ring (bicyclic) bond motifs is 1. The van der Waals surface area contributed by atoms with E-state index in [1.54, 1.807) is 49.6 Å². The van der Waals surface area contributed by atoms with Crippen molar-refractivity contribution in [3.05, 3.63) is 87.7 Å². The van der Waals surface area contributed by atoms with E-state index in [4.69, 9.17) is 25.5 Å². The van der Waals surface area contributed by atoms with Gasteiger partial charge < -0.3 is 19.0 Å². The van der Waals surface area contributed by atoms with Crippen molar-refractivity contribution in [2.75, 3.05) is 7.11 Å². The van der Waals surface area contributed by atoms with Crippen LogP contribution in [0.15, 0.2) is 76.1 Å². The molecular weight excluding hydrogens is 392 g/mol. The lowest BCUT2D eigenvalue weighted by atomic mass is 10.0. The summed E-state index contributed by atoms with van der Waals surface area (Å²) in [5.41, 5.74) is 1.82. The largest absolute Gasteiger partial charge is 0.507 e. The van der Waals surface area contributed by atoms with Crippen molar-refractivity contribution in [2.45, 2.75) is 6.61 Å². The fraction of sp³-hybridized carbons (Fsp3) is 0.0870. The Morgan fingerprint density at radius 1 is 1.03 bits per heavy atom. The summed E-state index contributed by atoms with van der Waals surface area (Å²) in [4.78, 5) is 12.9. The Balaban J connectivity index is 1.67. The van der Waals surface area contributed by atoms with Gasteiger partial charge in [0.2, 0.25) is 5.43 Å². The van der Waals surface area contributed by atoms with E-state index in [0.29, 0.717) is 27.6 Å². The zero-order valence-electron chi connectivity index (χ0n) is 15.5. The molecule has 1 N–H and O–H groups in total. The number of hydrogen-bond donors (Lipinski definition) is 1. The molecule has 1 heterocycles. The molecule has 0 spiro atoms. The minimum atomic E-state index is -0.324. The molecule has 0 saturated carbocycles. The van der Waals surface area contributed by atoms with Gasteiger partial charge in [0, 0.05) is 17.2 Å². The highest BCUT2D eigenvalue weighted by atomic mass is 35.5. The summed E-state index contributed by atoms with van der Waals surface area (Å²) < 4.78 is 16.5. The second-order valence-electron chi connectivity index (χ2n) is 6.44. The van der Waals surface area contributed by atoms with E-state index in [0.717, 1.165) is 5.56 Å². The third kappa shape index (κ3) is 3.91. The van der Waals surface area contributed by atoms with Crippen LogP contribution in [0.3, 0.4) is 0 Å². The van der Waals surface area contributed by atoms with Gasteiger partial charge >= 0.3 is 0 Å². The van der Waals surface area contributed by atoms with Crippen LogP contribution in [0.1, 0.15) is 5.56 Å². The molecule has 4 rings (SSSR count). The molecule has 0 radical (unpaired) electrons. The van der Waals surface area contributed by atoms with Gasteiger partial charge in [0.05, 0.1) is 12.7 Å². The van der Waals surface area contributed by atoms with Crippen LogP contribution in [0.25, 0.3) is 22.1 Å². The number of rotatable bonds is 5. The van der Waals surface area contributed by atoms with Gasteiger partial charge in [0.15, 0.2) is 0 Å². The molecule has 0 saturated heterocycles. The third-order valence-electron chi connectivity index (χ3n) is 4.53. The molecule has 1 aromatic heterocycles. The van der Waals surface area contributed by atoms with Crippen molar-refractivity contribution >= 4 is 22.6 Å². The second-order valence-corrected chi connectivity index (χ2v) is 6.88. The number of phenols is 1. The molecular formula is C23H17ClO5. The molecule has 0 aliphatic rings. The first-order valence-electron chi connectivity index (χ1n) is 8.85. The first kappa shape index (κ1) is 18.9. The minimum Gasteiger partial charge on any atom is -0.507 e. The molecule has 0 aliphatic heterocycles. The Morgan fingerprint density at radius 3 is 2.55 bits per heavy atom. The number of hydrogen-bond acceptors (Lipinski definition) is 5. The van der Waals surface area contributed by atoms with Crippen molar-refractivity contribution in [3.63, 3.8) is 0 Å². The molecule has 146 valence electrons. The van der Waals surface area contributed by atoms with Gasteiger partial charge in [-0.05, 0) is 35.4 Å². The average molecular weight is 409 g/mol. The Bertz CT molecular complexity index is 1230. The van der Waals surface area contributed by atoms with Crippen LogP contribution < -0.4 is 14.9 Å². The summed E-state index contributed by atoms with van der Waals surface area (Å²) in [5, 5.41) is 11.2. The Labute approximate surface area is 171 Å². The molecule has 0 unspecified atom stereocenters. The first-order valence-corrected chi connectivity index (χ1v) is 9.23. The van der Waals surface area contributed by atoms with Gasteiger partial charge in [-0.25, -0.2) is 0 Å². The fourth-order valence-electron chi connectivity index (χ4n) is 3.05. The van der Waals surface area contributed by atoms with Gasteiger partial charge in [-0.15, -0.1) is 0 Å². The maximum atomic E-state index is 12.9. The predicted octanol–water partition coefficient (Wildman–Crippen LogP) is 5.41. The second kappa shape index (κ2) is 7.89. The summed E-state index contributed by atoms with van der Waals surface area (Å²) in [6.45, 7) is 0.264. The predicted molar refractivity (Wildman–Crippen MR) is 112 cm³/mol. The summed E-state index contributed by atoms with van der Waals surface area (Å²) in [5.74, 6) is 0.867. The van der Waals surface area contributed by atoms with Crippen molar-refractivity contribution in [3.8, 4) is 28.4 Å². The van der Waals surface area contributed by atoms with Gasteiger partial charge in [-0.3, -0.25) is 4.79 Å². The molecule has 29 heavy (non-hydrogen) atoms. The van der Waals surface area contributed by atoms with Crippen molar-refractivity contribution < 1.29 is 19.0 Å². The van der Waals surface area contributed by atoms with Crippen LogP contribution >= 0.6 is 11.6 Å². The normalized spacial score (nSPS) is 10.8. The highest BCUT2D eigenvalue weighted by Crippen LogP contribution is 2.31. The lowest BCUT2D eigenvalue weighted by molar-refractivity contribution is 0.304. The van der Waals surface area contributed by atoms with Gasteiger partial charge in [0.1, 0.15) is 41.1 Å². The van der Waals surface area contributed by atoms with E-state index in [9.17, 15) is 9.90 Å². The number of aromatic hydroxyl groups is 1. The molecule has 0 aliphatic carbocycles. The maximum Gasteiger partial charge on any atom is 0.204 e. The van der Waals surface area contributed by atoms with Crippen LogP contribution in [0.5, 0.6) is 17.2 Å². The Morgan fingerprint density at radius 2 is 1.83 bits per heavy atom. The van der Waals surface area contributed by atoms with E-state index in [-0.39, 0.29) is 28.8 Å². The minimum absolute atomic E-state index is 0.105. The topological polar surface area (TPSA) is 68.9 Å². The average Bonchev–Trinajstić information content (AvgIpc) is 2.72. The number of ether oxygens (including phenoxy) is 2. The lowest BCUT2D eigenvalue weighted by Crippen LogP contribution is -2.05. The summed E-state index contributed by atoms with van der Waals surface area (Å²) >= 11 is 5.98. The monoisotopic (exact) mass is 408 g/mol. The molecule has 0 fully saturated rings. The SMILES string of the molecule is COc1ccc(-c2coc3cc(OCc4cccc(Cl)c4)cc(O)c3c2=O)cc1. The quantitative estimate of drug-likeness (QED) is 0.478. The number of methoxy groups -OCH3 is 1. The van der Waals surface area contributed by atoms with Crippen LogP contribution in [-0.2, 0) is 6.61 Å². The highest BCUT2D eigenvalue weighted by molar-refractivity contribution is 6.30. The molecule has 4 aromatic rings. The van der Waals surface area contributed by atoms with Crippen LogP contribution in [0.4, 0.5) is 0 Å². The molecule has 6 heteroatoms. The summed E-state index contributed by atoms with van der Waals surface area (Å²) in [6, 6.07) is 17.3. The molecule has 0 amide bonds. The molecule has 5 nitrogen and oxygen atoms in total. The van der Waals surface area contributed by atoms with Crippen molar-refractivity contribution in [1.29, 1.82) is 0 Å². The smallest absolute Gasteiger partial charge is 0.204 e. The summed E-state index contributed by atoms with van der Waals surface area (Å²) in [7, 11) is 1.57. The number of halogens is 1. The standard InChI is InChI=1S/C23H17ClO5/c1-27-17-7-5-15(6-8-17)19-13-29-21-11-18(10-20(25)22(21)23(19)26)28-12-14-3-2-4-16(24)9-14/h2-11,13,25H,12H2,1H3. The van der Waals surface area contributed by atoms with E-state index in [1.807, 2.05) is 12.1 Å². The first-order chi connectivity index (χ1) is 14.0. The number of phenolic OH excluding ortho intramolecular Hbond substituents is 1. The Hall–Kier alpha value is -3.44. The van der Waals surface area contributed by atoms with Gasteiger partial charge in [-0.2, -0.15) is 0 Å². The zero-order valence-corrected chi connectivity index (χ0v) is 16.3. The molecule has 0 atom stereocenters. The van der Waals surface area contributed by atoms with Gasteiger partial charge in [0.25, 0.3) is 0 Å². The highest BCUT2D eigenvalue weighted by Gasteiger charge is 2.15. The van der Waals surface area contributed by atoms with Crippen molar-refractivity contribution in [2.24, 2.45) is 0 Å². The molecule has 0 bridgehead atoms. The zero-order chi connectivity index (χ0) is 20.4. The lowest BCUT2D eigenvalue weighted by Gasteiger charge is -2.10. The van der Waals surface area contributed by atoms with Gasteiger partial charge in [-0.1, -0.05) is 35.9 Å². The van der Waals surface area contributed by atoms with E-state index >= 15 is 0 Å². The molecule has 3 aromatic carbocycles. The maximum absolute atomic E-state index is 12.9. The fourth-order valence-corrected chi connectivity index (χ4v) is 3.27. The third-order valence-corrected chi connectivity index (χ3v) is 4.76. The van der Waals surface area contributed by atoms with Crippen LogP contribution in [0, 0.1) is 0 Å². The van der Waals surface area contributed by atoms with Crippen LogP contribution in [-0.4, -0.2) is 12.2 Å². The van der Waals surface area contributed by atoms with Crippen molar-refractivity contribution in [1.82, 2.24) is 0 Å². The summed E-state index contributed by atoms with van der Waals surface area (Å²) in [6.07, 6.45) is 1.38. The van der Waals surface area contributed by atoms with E-state index < -0.39 is 0 Å². The van der Waals surface area contributed by atoms with Crippen LogP contribution in [0.2, 0.25) is 5.02 Å². The number of benzene rings is 3. The van der Waals surface area contributed by atoms with E-state index in [1.165, 1.54) is 12.3 Å². The Kier molecular flexibility index (Phi) is 5.14. The van der Waals surface area contributed by atoms with E-state index in [2.05, 4.69) is 0 Å².